The first-order valence-corrected chi connectivity index (χ1v) is 12.8. The monoisotopic (exact) mass is 438 g/mol. The zero-order chi connectivity index (χ0) is 19.9. The van der Waals surface area contributed by atoms with Crippen LogP contribution in [0.15, 0.2) is 17.5 Å². The van der Waals surface area contributed by atoms with Gasteiger partial charge < -0.3 is 10.6 Å². The molecular weight excluding hydrogens is 416 g/mol. The summed E-state index contributed by atoms with van der Waals surface area (Å²) in [5.41, 5.74) is 1.52. The summed E-state index contributed by atoms with van der Waals surface area (Å²) in [6, 6.07) is 3.20. The normalized spacial score (nSPS) is 23.2. The van der Waals surface area contributed by atoms with Crippen LogP contribution in [-0.2, 0) is 22.7 Å². The van der Waals surface area contributed by atoms with E-state index in [0.717, 1.165) is 29.7 Å². The highest BCUT2D eigenvalue weighted by molar-refractivity contribution is 7.91. The topological polar surface area (TPSA) is 92.3 Å². The summed E-state index contributed by atoms with van der Waals surface area (Å²) in [6.07, 6.45) is 3.13. The van der Waals surface area contributed by atoms with Gasteiger partial charge in [0.1, 0.15) is 5.00 Å². The molecule has 2 aliphatic rings. The van der Waals surface area contributed by atoms with Gasteiger partial charge in [0.25, 0.3) is 11.8 Å². The van der Waals surface area contributed by atoms with Gasteiger partial charge in [0.05, 0.1) is 21.9 Å². The van der Waals surface area contributed by atoms with Crippen LogP contribution < -0.4 is 10.6 Å². The number of nitrogens with one attached hydrogen (secondary N) is 2. The van der Waals surface area contributed by atoms with Crippen molar-refractivity contribution in [3.05, 3.63) is 38.4 Å². The van der Waals surface area contributed by atoms with Crippen LogP contribution in [0.2, 0.25) is 0 Å². The van der Waals surface area contributed by atoms with Crippen LogP contribution in [0.3, 0.4) is 0 Å². The number of amides is 2. The Morgan fingerprint density at radius 3 is 2.71 bits per heavy atom. The standard InChI is InChI=1S/C19H22N2O4S3/c1-11-4-5-13-15(9-11)27-19(21-17(22)14-3-2-7-26-14)16(13)18(23)20-12-6-8-28(24,25)10-12/h2-3,7,11-12H,4-6,8-10H2,1H3,(H,20,23)(H,21,22)/t11-,12-/m0/s1. The molecule has 4 rings (SSSR count). The van der Waals surface area contributed by atoms with E-state index in [1.165, 1.54) is 22.7 Å². The van der Waals surface area contributed by atoms with Gasteiger partial charge in [-0.2, -0.15) is 0 Å². The summed E-state index contributed by atoms with van der Waals surface area (Å²) in [5, 5.41) is 8.21. The highest BCUT2D eigenvalue weighted by Crippen LogP contribution is 2.40. The van der Waals surface area contributed by atoms with Crippen LogP contribution >= 0.6 is 22.7 Å². The number of carbonyl (C=O) groups excluding carboxylic acids is 2. The molecule has 2 amide bonds. The molecular formula is C19H22N2O4S3. The Hall–Kier alpha value is -1.71. The molecule has 2 aromatic rings. The minimum Gasteiger partial charge on any atom is -0.348 e. The average Bonchev–Trinajstić information content (AvgIpc) is 3.33. The van der Waals surface area contributed by atoms with Gasteiger partial charge in [-0.3, -0.25) is 9.59 Å². The third kappa shape index (κ3) is 4.01. The number of carbonyl (C=O) groups is 2. The highest BCUT2D eigenvalue weighted by Gasteiger charge is 2.33. The first-order valence-electron chi connectivity index (χ1n) is 9.33. The maximum absolute atomic E-state index is 13.1. The molecule has 9 heteroatoms. The molecule has 2 atom stereocenters. The lowest BCUT2D eigenvalue weighted by Crippen LogP contribution is -2.36. The van der Waals surface area contributed by atoms with E-state index in [2.05, 4.69) is 17.6 Å². The molecule has 1 saturated heterocycles. The Morgan fingerprint density at radius 2 is 2.04 bits per heavy atom. The predicted molar refractivity (Wildman–Crippen MR) is 112 cm³/mol. The third-order valence-electron chi connectivity index (χ3n) is 5.28. The lowest BCUT2D eigenvalue weighted by Gasteiger charge is -2.19. The van der Waals surface area contributed by atoms with Gasteiger partial charge in [-0.15, -0.1) is 22.7 Å². The molecule has 1 aliphatic carbocycles. The second-order valence-corrected chi connectivity index (χ2v) is 11.8. The SMILES string of the molecule is C[C@H]1CCc2c(sc(NC(=O)c3cccs3)c2C(=O)N[C@H]2CCS(=O)(=O)C2)C1. The van der Waals surface area contributed by atoms with Gasteiger partial charge in [0, 0.05) is 10.9 Å². The van der Waals surface area contributed by atoms with Crippen LogP contribution in [0.4, 0.5) is 5.00 Å². The van der Waals surface area contributed by atoms with Crippen LogP contribution in [0.1, 0.15) is 50.2 Å². The summed E-state index contributed by atoms with van der Waals surface area (Å²) < 4.78 is 23.4. The van der Waals surface area contributed by atoms with Gasteiger partial charge in [-0.05, 0) is 48.6 Å². The Kier molecular flexibility index (Phi) is 5.32. The molecule has 1 fully saturated rings. The van der Waals surface area contributed by atoms with Crippen LogP contribution in [0, 0.1) is 5.92 Å². The first-order chi connectivity index (χ1) is 13.3. The molecule has 2 N–H and O–H groups in total. The Bertz CT molecular complexity index is 1010. The van der Waals surface area contributed by atoms with E-state index < -0.39 is 9.84 Å². The van der Waals surface area contributed by atoms with Crippen molar-refractivity contribution >= 4 is 49.3 Å². The maximum atomic E-state index is 13.1. The number of hydrogen-bond acceptors (Lipinski definition) is 6. The Labute approximate surface area is 172 Å². The van der Waals surface area contributed by atoms with E-state index in [1.807, 2.05) is 11.4 Å². The zero-order valence-electron chi connectivity index (χ0n) is 15.5. The summed E-state index contributed by atoms with van der Waals surface area (Å²) in [6.45, 7) is 2.19. The number of thiophene rings is 2. The Balaban J connectivity index is 1.62. The van der Waals surface area contributed by atoms with Crippen molar-refractivity contribution < 1.29 is 18.0 Å². The van der Waals surface area contributed by atoms with Crippen LogP contribution in [0.5, 0.6) is 0 Å². The molecule has 0 bridgehead atoms. The van der Waals surface area contributed by atoms with E-state index in [4.69, 9.17) is 0 Å². The third-order valence-corrected chi connectivity index (χ3v) is 9.08. The van der Waals surface area contributed by atoms with Gasteiger partial charge in [0.15, 0.2) is 9.84 Å². The smallest absolute Gasteiger partial charge is 0.266 e. The zero-order valence-corrected chi connectivity index (χ0v) is 17.9. The second kappa shape index (κ2) is 7.61. The van der Waals surface area contributed by atoms with E-state index >= 15 is 0 Å². The number of rotatable bonds is 4. The van der Waals surface area contributed by atoms with Gasteiger partial charge in [-0.25, -0.2) is 8.42 Å². The fourth-order valence-corrected chi connectivity index (χ4v) is 7.51. The number of fused-ring (bicyclic) bond motifs is 1. The minimum absolute atomic E-state index is 0.0149. The van der Waals surface area contributed by atoms with Gasteiger partial charge in [0.2, 0.25) is 0 Å². The number of anilines is 1. The molecule has 0 spiro atoms. The molecule has 0 unspecified atom stereocenters. The second-order valence-electron chi connectivity index (χ2n) is 7.56. The van der Waals surface area contributed by atoms with E-state index in [-0.39, 0.29) is 29.4 Å². The molecule has 2 aromatic heterocycles. The lowest BCUT2D eigenvalue weighted by molar-refractivity contribution is 0.0941. The molecule has 6 nitrogen and oxygen atoms in total. The molecule has 1 aliphatic heterocycles. The van der Waals surface area contributed by atoms with E-state index in [0.29, 0.717) is 27.8 Å². The van der Waals surface area contributed by atoms with Crippen LogP contribution in [0.25, 0.3) is 0 Å². The van der Waals surface area contributed by atoms with E-state index in [1.54, 1.807) is 6.07 Å². The molecule has 3 heterocycles. The van der Waals surface area contributed by atoms with Crippen molar-refractivity contribution in [2.75, 3.05) is 16.8 Å². The predicted octanol–water partition coefficient (Wildman–Crippen LogP) is 3.10. The maximum Gasteiger partial charge on any atom is 0.266 e. The van der Waals surface area contributed by atoms with Gasteiger partial charge >= 0.3 is 0 Å². The fraction of sp³-hybridized carbons (Fsp3) is 0.474. The average molecular weight is 439 g/mol. The summed E-state index contributed by atoms with van der Waals surface area (Å²) in [4.78, 5) is 27.4. The molecule has 0 saturated carbocycles. The molecule has 150 valence electrons. The van der Waals surface area contributed by atoms with Crippen molar-refractivity contribution in [1.29, 1.82) is 0 Å². The van der Waals surface area contributed by atoms with Crippen molar-refractivity contribution in [2.24, 2.45) is 5.92 Å². The summed E-state index contributed by atoms with van der Waals surface area (Å²) in [5.74, 6) is 0.135. The molecule has 0 radical (unpaired) electrons. The number of hydrogen-bond donors (Lipinski definition) is 2. The number of sulfone groups is 1. The van der Waals surface area contributed by atoms with Gasteiger partial charge in [-0.1, -0.05) is 13.0 Å². The van der Waals surface area contributed by atoms with Crippen molar-refractivity contribution in [1.82, 2.24) is 5.32 Å². The fourth-order valence-electron chi connectivity index (χ4n) is 3.82. The lowest BCUT2D eigenvalue weighted by atomic mass is 9.88. The van der Waals surface area contributed by atoms with Crippen molar-refractivity contribution in [3.8, 4) is 0 Å². The molecule has 28 heavy (non-hydrogen) atoms. The first kappa shape index (κ1) is 19.6. The van der Waals surface area contributed by atoms with Crippen molar-refractivity contribution in [3.63, 3.8) is 0 Å². The van der Waals surface area contributed by atoms with Crippen molar-refractivity contribution in [2.45, 2.75) is 38.6 Å². The van der Waals surface area contributed by atoms with E-state index in [9.17, 15) is 18.0 Å². The largest absolute Gasteiger partial charge is 0.348 e. The van der Waals surface area contributed by atoms with Crippen LogP contribution in [-0.4, -0.2) is 37.8 Å². The quantitative estimate of drug-likeness (QED) is 0.767. The Morgan fingerprint density at radius 1 is 1.21 bits per heavy atom. The summed E-state index contributed by atoms with van der Waals surface area (Å²) in [7, 11) is -3.07. The highest BCUT2D eigenvalue weighted by atomic mass is 32.2. The minimum atomic E-state index is -3.07. The summed E-state index contributed by atoms with van der Waals surface area (Å²) >= 11 is 2.82. The molecule has 0 aromatic carbocycles.